The largest absolute Gasteiger partial charge is 0.497 e. The number of hydrogen-bond acceptors (Lipinski definition) is 7. The Kier molecular flexibility index (Phi) is 9.23. The van der Waals surface area contributed by atoms with Crippen molar-refractivity contribution in [2.24, 2.45) is 0 Å². The zero-order valence-electron chi connectivity index (χ0n) is 21.6. The molecule has 0 fully saturated rings. The number of carbonyl (C=O) groups is 1. The first-order valence-corrected chi connectivity index (χ1v) is 15.0. The normalized spacial score (nSPS) is 11.5. The van der Waals surface area contributed by atoms with Crippen molar-refractivity contribution in [2.45, 2.75) is 24.7 Å². The summed E-state index contributed by atoms with van der Waals surface area (Å²) in [6.45, 7) is 2.02. The second-order valence-electron chi connectivity index (χ2n) is 8.52. The number of benzene rings is 3. The van der Waals surface area contributed by atoms with Crippen molar-refractivity contribution in [3.63, 3.8) is 0 Å². The number of amides is 1. The van der Waals surface area contributed by atoms with Gasteiger partial charge in [-0.2, -0.15) is 0 Å². The summed E-state index contributed by atoms with van der Waals surface area (Å²) in [6, 6.07) is 17.5. The molecule has 0 unspecified atom stereocenters. The molecule has 10 nitrogen and oxygen atoms in total. The van der Waals surface area contributed by atoms with Gasteiger partial charge >= 0.3 is 0 Å². The van der Waals surface area contributed by atoms with Crippen molar-refractivity contribution >= 4 is 43.0 Å². The molecule has 1 amide bonds. The van der Waals surface area contributed by atoms with Crippen LogP contribution in [-0.2, 0) is 24.8 Å². The van der Waals surface area contributed by atoms with Gasteiger partial charge in [0.2, 0.25) is 15.9 Å². The van der Waals surface area contributed by atoms with E-state index in [9.17, 15) is 21.6 Å². The quantitative estimate of drug-likeness (QED) is 0.342. The van der Waals surface area contributed by atoms with Crippen LogP contribution in [0, 0.1) is 6.92 Å². The molecule has 3 aromatic carbocycles. The minimum atomic E-state index is -3.92. The van der Waals surface area contributed by atoms with Gasteiger partial charge in [-0.3, -0.25) is 13.8 Å². The van der Waals surface area contributed by atoms with Gasteiger partial charge in [0.05, 0.1) is 36.7 Å². The third kappa shape index (κ3) is 7.62. The Hall–Kier alpha value is -3.77. The van der Waals surface area contributed by atoms with E-state index in [4.69, 9.17) is 9.47 Å². The first-order chi connectivity index (χ1) is 17.9. The molecule has 3 rings (SSSR count). The number of anilines is 3. The minimum Gasteiger partial charge on any atom is -0.497 e. The number of sulfonamides is 2. The number of hydrogen-bond donors (Lipinski definition) is 2. The fourth-order valence-electron chi connectivity index (χ4n) is 3.68. The highest BCUT2D eigenvalue weighted by atomic mass is 32.2. The smallest absolute Gasteiger partial charge is 0.262 e. The molecule has 2 N–H and O–H groups in total. The molecule has 0 aliphatic heterocycles. The number of aryl methyl sites for hydroxylation is 1. The summed E-state index contributed by atoms with van der Waals surface area (Å²) < 4.78 is 64.3. The predicted molar refractivity (Wildman–Crippen MR) is 148 cm³/mol. The molecule has 12 heteroatoms. The van der Waals surface area contributed by atoms with E-state index in [1.807, 2.05) is 13.0 Å². The standard InChI is InChI=1S/C26H31N3O7S2/c1-19-7-5-8-21(17-19)29(37(4,31)32)16-6-9-26(30)27-20-10-13-23(14-11-20)38(33,34)28-24-15-12-22(35-2)18-25(24)36-3/h5,7-8,10-15,17-18,28H,6,9,16H2,1-4H3,(H,27,30). The lowest BCUT2D eigenvalue weighted by atomic mass is 10.2. The second kappa shape index (κ2) is 12.2. The molecule has 0 radical (unpaired) electrons. The van der Waals surface area contributed by atoms with Crippen LogP contribution in [-0.4, -0.2) is 49.8 Å². The molecule has 0 atom stereocenters. The topological polar surface area (TPSA) is 131 Å². The lowest BCUT2D eigenvalue weighted by Crippen LogP contribution is -2.31. The van der Waals surface area contributed by atoms with Crippen LogP contribution in [0.4, 0.5) is 17.1 Å². The summed E-state index contributed by atoms with van der Waals surface area (Å²) in [5, 5.41) is 2.71. The number of nitrogens with one attached hydrogen (secondary N) is 2. The van der Waals surface area contributed by atoms with Gasteiger partial charge in [0, 0.05) is 24.7 Å². The third-order valence-corrected chi connectivity index (χ3v) is 8.13. The van der Waals surface area contributed by atoms with Gasteiger partial charge in [-0.05, 0) is 67.4 Å². The predicted octanol–water partition coefficient (Wildman–Crippen LogP) is 4.00. The molecule has 0 spiro atoms. The van der Waals surface area contributed by atoms with E-state index >= 15 is 0 Å². The van der Waals surface area contributed by atoms with Crippen LogP contribution in [0.25, 0.3) is 0 Å². The molecule has 0 aliphatic carbocycles. The fourth-order valence-corrected chi connectivity index (χ4v) is 5.71. The molecular weight excluding hydrogens is 530 g/mol. The first-order valence-electron chi connectivity index (χ1n) is 11.6. The monoisotopic (exact) mass is 561 g/mol. The average molecular weight is 562 g/mol. The molecule has 204 valence electrons. The van der Waals surface area contributed by atoms with Gasteiger partial charge in [0.1, 0.15) is 11.5 Å². The Morgan fingerprint density at radius 2 is 1.63 bits per heavy atom. The maximum Gasteiger partial charge on any atom is 0.262 e. The highest BCUT2D eigenvalue weighted by molar-refractivity contribution is 7.92. The summed E-state index contributed by atoms with van der Waals surface area (Å²) in [5.74, 6) is 0.497. The molecule has 0 bridgehead atoms. The number of methoxy groups -OCH3 is 2. The van der Waals surface area contributed by atoms with Crippen LogP contribution in [0.15, 0.2) is 71.6 Å². The van der Waals surface area contributed by atoms with Crippen LogP contribution in [0.2, 0.25) is 0 Å². The van der Waals surface area contributed by atoms with Crippen molar-refractivity contribution in [3.05, 3.63) is 72.3 Å². The van der Waals surface area contributed by atoms with Gasteiger partial charge in [-0.25, -0.2) is 16.8 Å². The van der Waals surface area contributed by atoms with E-state index in [1.54, 1.807) is 30.3 Å². The maximum atomic E-state index is 12.8. The summed E-state index contributed by atoms with van der Waals surface area (Å²) in [7, 11) is -4.52. The molecular formula is C26H31N3O7S2. The molecule has 3 aromatic rings. The molecule has 0 saturated heterocycles. The van der Waals surface area contributed by atoms with E-state index in [1.165, 1.54) is 48.9 Å². The van der Waals surface area contributed by atoms with Crippen molar-refractivity contribution in [2.75, 3.05) is 41.4 Å². The average Bonchev–Trinajstić information content (AvgIpc) is 2.86. The lowest BCUT2D eigenvalue weighted by molar-refractivity contribution is -0.116. The Balaban J connectivity index is 1.60. The molecule has 0 aromatic heterocycles. The van der Waals surface area contributed by atoms with Crippen LogP contribution >= 0.6 is 0 Å². The van der Waals surface area contributed by atoms with Crippen molar-refractivity contribution < 1.29 is 31.1 Å². The third-order valence-electron chi connectivity index (χ3n) is 5.56. The van der Waals surface area contributed by atoms with Crippen molar-refractivity contribution in [3.8, 4) is 11.5 Å². The highest BCUT2D eigenvalue weighted by Gasteiger charge is 2.19. The maximum absolute atomic E-state index is 12.8. The number of nitrogens with zero attached hydrogens (tertiary/aromatic N) is 1. The van der Waals surface area contributed by atoms with Crippen LogP contribution in [0.5, 0.6) is 11.5 Å². The van der Waals surface area contributed by atoms with Crippen LogP contribution < -0.4 is 23.8 Å². The van der Waals surface area contributed by atoms with Gasteiger partial charge < -0.3 is 14.8 Å². The Labute approximate surface area is 223 Å². The van der Waals surface area contributed by atoms with Gasteiger partial charge in [0.15, 0.2) is 0 Å². The zero-order valence-corrected chi connectivity index (χ0v) is 23.2. The molecule has 0 aliphatic rings. The summed E-state index contributed by atoms with van der Waals surface area (Å²) in [5.41, 5.74) is 2.14. The van der Waals surface area contributed by atoms with E-state index in [2.05, 4.69) is 10.0 Å². The van der Waals surface area contributed by atoms with E-state index in [0.29, 0.717) is 29.3 Å². The molecule has 0 heterocycles. The van der Waals surface area contributed by atoms with Gasteiger partial charge in [-0.1, -0.05) is 12.1 Å². The number of carbonyl (C=O) groups excluding carboxylic acids is 1. The lowest BCUT2D eigenvalue weighted by Gasteiger charge is -2.22. The Bertz CT molecular complexity index is 1490. The molecule has 38 heavy (non-hydrogen) atoms. The van der Waals surface area contributed by atoms with Gasteiger partial charge in [-0.15, -0.1) is 0 Å². The van der Waals surface area contributed by atoms with Crippen LogP contribution in [0.3, 0.4) is 0 Å². The summed E-state index contributed by atoms with van der Waals surface area (Å²) >= 11 is 0. The van der Waals surface area contributed by atoms with Gasteiger partial charge in [0.25, 0.3) is 10.0 Å². The number of rotatable bonds is 12. The van der Waals surface area contributed by atoms with Crippen molar-refractivity contribution in [1.82, 2.24) is 0 Å². The summed E-state index contributed by atoms with van der Waals surface area (Å²) in [4.78, 5) is 12.4. The molecule has 0 saturated carbocycles. The minimum absolute atomic E-state index is 0.00433. The Morgan fingerprint density at radius 1 is 0.921 bits per heavy atom. The SMILES string of the molecule is COc1ccc(NS(=O)(=O)c2ccc(NC(=O)CCCN(c3cccc(C)c3)S(C)(=O)=O)cc2)c(OC)c1. The first kappa shape index (κ1) is 28.8. The summed E-state index contributed by atoms with van der Waals surface area (Å²) in [6.07, 6.45) is 1.51. The van der Waals surface area contributed by atoms with E-state index in [0.717, 1.165) is 11.8 Å². The zero-order chi connectivity index (χ0) is 27.9. The fraction of sp³-hybridized carbons (Fsp3) is 0.269. The van der Waals surface area contributed by atoms with Crippen molar-refractivity contribution in [1.29, 1.82) is 0 Å². The second-order valence-corrected chi connectivity index (χ2v) is 12.1. The van der Waals surface area contributed by atoms with E-state index in [-0.39, 0.29) is 29.5 Å². The van der Waals surface area contributed by atoms with Crippen LogP contribution in [0.1, 0.15) is 18.4 Å². The van der Waals surface area contributed by atoms with E-state index < -0.39 is 20.0 Å². The number of ether oxygens (including phenoxy) is 2. The highest BCUT2D eigenvalue weighted by Crippen LogP contribution is 2.31. The Morgan fingerprint density at radius 3 is 2.24 bits per heavy atom.